The highest BCUT2D eigenvalue weighted by atomic mass is 16.5. The Balaban J connectivity index is 1.70. The van der Waals surface area contributed by atoms with Crippen molar-refractivity contribution in [3.05, 3.63) is 46.9 Å². The number of rotatable bonds is 2. The van der Waals surface area contributed by atoms with Crippen molar-refractivity contribution in [1.82, 2.24) is 19.2 Å². The molecule has 0 atom stereocenters. The van der Waals surface area contributed by atoms with Gasteiger partial charge in [0.05, 0.1) is 31.5 Å². The van der Waals surface area contributed by atoms with Crippen molar-refractivity contribution in [3.8, 4) is 5.75 Å². The number of benzene rings is 1. The normalized spacial score (nSPS) is 13.7. The van der Waals surface area contributed by atoms with Gasteiger partial charge in [-0.25, -0.2) is 4.79 Å². The Bertz CT molecular complexity index is 1080. The first kappa shape index (κ1) is 17.1. The van der Waals surface area contributed by atoms with Crippen molar-refractivity contribution in [2.45, 2.75) is 20.0 Å². The molecule has 8 nitrogen and oxygen atoms in total. The minimum Gasteiger partial charge on any atom is -0.508 e. The highest BCUT2D eigenvalue weighted by Crippen LogP contribution is 2.30. The molecule has 0 spiro atoms. The van der Waals surface area contributed by atoms with E-state index in [-0.39, 0.29) is 17.4 Å². The van der Waals surface area contributed by atoms with E-state index in [0.29, 0.717) is 25.2 Å². The third kappa shape index (κ3) is 2.64. The van der Waals surface area contributed by atoms with E-state index in [2.05, 4.69) is 5.10 Å². The van der Waals surface area contributed by atoms with Crippen LogP contribution in [0, 0.1) is 6.92 Å². The smallest absolute Gasteiger partial charge is 0.358 e. The minimum absolute atomic E-state index is 0.101. The molecular formula is C19H20N4O4. The van der Waals surface area contributed by atoms with Crippen LogP contribution in [0.2, 0.25) is 0 Å². The number of phenols is 1. The summed E-state index contributed by atoms with van der Waals surface area (Å²) in [4.78, 5) is 26.7. The van der Waals surface area contributed by atoms with E-state index in [4.69, 9.17) is 4.74 Å². The summed E-state index contributed by atoms with van der Waals surface area (Å²) in [5.41, 5.74) is 3.35. The molecule has 0 saturated heterocycles. The maximum Gasteiger partial charge on any atom is 0.358 e. The molecule has 0 bridgehead atoms. The fourth-order valence-corrected chi connectivity index (χ4v) is 3.63. The summed E-state index contributed by atoms with van der Waals surface area (Å²) in [7, 11) is 3.22. The van der Waals surface area contributed by atoms with Gasteiger partial charge in [0.1, 0.15) is 5.75 Å². The van der Waals surface area contributed by atoms with Gasteiger partial charge in [0, 0.05) is 30.2 Å². The summed E-state index contributed by atoms with van der Waals surface area (Å²) >= 11 is 0. The van der Waals surface area contributed by atoms with Crippen molar-refractivity contribution in [2.24, 2.45) is 7.05 Å². The number of nitrogens with zero attached hydrogens (tertiary/aromatic N) is 4. The van der Waals surface area contributed by atoms with E-state index in [1.165, 1.54) is 7.11 Å². The largest absolute Gasteiger partial charge is 0.508 e. The number of aromatic nitrogens is 3. The summed E-state index contributed by atoms with van der Waals surface area (Å²) in [6, 6.07) is 6.71. The second-order valence-corrected chi connectivity index (χ2v) is 6.68. The lowest BCUT2D eigenvalue weighted by molar-refractivity contribution is 0.0591. The van der Waals surface area contributed by atoms with Crippen LogP contribution in [0.5, 0.6) is 5.75 Å². The van der Waals surface area contributed by atoms with Crippen LogP contribution in [0.15, 0.2) is 24.3 Å². The highest BCUT2D eigenvalue weighted by Gasteiger charge is 2.28. The van der Waals surface area contributed by atoms with E-state index < -0.39 is 5.97 Å². The van der Waals surface area contributed by atoms with E-state index >= 15 is 0 Å². The zero-order valence-corrected chi connectivity index (χ0v) is 15.4. The molecule has 1 aliphatic rings. The molecular weight excluding hydrogens is 348 g/mol. The maximum atomic E-state index is 13.3. The molecule has 0 aliphatic carbocycles. The number of methoxy groups -OCH3 is 1. The SMILES string of the molecule is COC(=O)c1cc2n(n1)CCN(C(=O)c1c(C)n(C)c3ccc(O)cc13)C2. The molecule has 1 aliphatic heterocycles. The molecule has 4 rings (SSSR count). The molecule has 3 aromatic rings. The average molecular weight is 368 g/mol. The van der Waals surface area contributed by atoms with Gasteiger partial charge in [-0.15, -0.1) is 0 Å². The lowest BCUT2D eigenvalue weighted by atomic mass is 10.1. The second-order valence-electron chi connectivity index (χ2n) is 6.68. The zero-order valence-electron chi connectivity index (χ0n) is 15.4. The molecule has 1 aromatic carbocycles. The summed E-state index contributed by atoms with van der Waals surface area (Å²) < 4.78 is 8.40. The number of esters is 1. The second kappa shape index (κ2) is 6.15. The van der Waals surface area contributed by atoms with Crippen molar-refractivity contribution < 1.29 is 19.4 Å². The topological polar surface area (TPSA) is 89.6 Å². The van der Waals surface area contributed by atoms with Gasteiger partial charge in [0.2, 0.25) is 0 Å². The van der Waals surface area contributed by atoms with Gasteiger partial charge >= 0.3 is 5.97 Å². The number of hydrogen-bond acceptors (Lipinski definition) is 5. The number of carbonyl (C=O) groups excluding carboxylic acids is 2. The van der Waals surface area contributed by atoms with E-state index in [1.807, 2.05) is 24.6 Å². The molecule has 140 valence electrons. The average Bonchev–Trinajstić information content (AvgIpc) is 3.19. The third-order valence-corrected chi connectivity index (χ3v) is 5.17. The first-order valence-electron chi connectivity index (χ1n) is 8.63. The maximum absolute atomic E-state index is 13.3. The van der Waals surface area contributed by atoms with Gasteiger partial charge in [-0.05, 0) is 31.2 Å². The quantitative estimate of drug-likeness (QED) is 0.697. The zero-order chi connectivity index (χ0) is 19.3. The van der Waals surface area contributed by atoms with Crippen molar-refractivity contribution >= 4 is 22.8 Å². The predicted molar refractivity (Wildman–Crippen MR) is 97.6 cm³/mol. The number of fused-ring (bicyclic) bond motifs is 2. The van der Waals surface area contributed by atoms with E-state index in [0.717, 1.165) is 22.3 Å². The monoisotopic (exact) mass is 368 g/mol. The number of phenolic OH excluding ortho intramolecular Hbond substituents is 1. The van der Waals surface area contributed by atoms with Crippen LogP contribution in [0.4, 0.5) is 0 Å². The summed E-state index contributed by atoms with van der Waals surface area (Å²) in [6.45, 7) is 3.25. The molecule has 3 heterocycles. The summed E-state index contributed by atoms with van der Waals surface area (Å²) in [6.07, 6.45) is 0. The Labute approximate surface area is 155 Å². The number of aryl methyl sites for hydroxylation is 1. The lowest BCUT2D eigenvalue weighted by Crippen LogP contribution is -2.38. The number of carbonyl (C=O) groups is 2. The lowest BCUT2D eigenvalue weighted by Gasteiger charge is -2.27. The fraction of sp³-hybridized carbons (Fsp3) is 0.316. The molecule has 0 saturated carbocycles. The molecule has 0 unspecified atom stereocenters. The van der Waals surface area contributed by atoms with Gasteiger partial charge < -0.3 is 19.3 Å². The first-order chi connectivity index (χ1) is 12.9. The van der Waals surface area contributed by atoms with Gasteiger partial charge in [0.15, 0.2) is 5.69 Å². The van der Waals surface area contributed by atoms with Gasteiger partial charge in [-0.1, -0.05) is 0 Å². The Morgan fingerprint density at radius 3 is 2.74 bits per heavy atom. The van der Waals surface area contributed by atoms with Crippen LogP contribution >= 0.6 is 0 Å². The Hall–Kier alpha value is -3.29. The standard InChI is InChI=1S/C19H20N4O4/c1-11-17(14-9-13(24)4-5-16(14)21(11)2)18(25)22-6-7-23-12(10-22)8-15(20-23)19(26)27-3/h4-5,8-9,24H,6-7,10H2,1-3H3. The van der Waals surface area contributed by atoms with Gasteiger partial charge in [-0.2, -0.15) is 5.10 Å². The highest BCUT2D eigenvalue weighted by molar-refractivity contribution is 6.08. The van der Waals surface area contributed by atoms with E-state index in [9.17, 15) is 14.7 Å². The van der Waals surface area contributed by atoms with Crippen molar-refractivity contribution in [3.63, 3.8) is 0 Å². The number of amides is 1. The molecule has 0 fully saturated rings. The molecule has 0 radical (unpaired) electrons. The summed E-state index contributed by atoms with van der Waals surface area (Å²) in [5, 5.41) is 14.8. The van der Waals surface area contributed by atoms with E-state index in [1.54, 1.807) is 27.8 Å². The minimum atomic E-state index is -0.491. The molecule has 27 heavy (non-hydrogen) atoms. The Morgan fingerprint density at radius 1 is 1.22 bits per heavy atom. The molecule has 2 aromatic heterocycles. The third-order valence-electron chi connectivity index (χ3n) is 5.17. The molecule has 1 amide bonds. The molecule has 8 heteroatoms. The number of ether oxygens (including phenoxy) is 1. The summed E-state index contributed by atoms with van der Waals surface area (Å²) in [5.74, 6) is -0.465. The van der Waals surface area contributed by atoms with Crippen LogP contribution in [0.3, 0.4) is 0 Å². The van der Waals surface area contributed by atoms with Crippen LogP contribution in [0.25, 0.3) is 10.9 Å². The fourth-order valence-electron chi connectivity index (χ4n) is 3.63. The van der Waals surface area contributed by atoms with Gasteiger partial charge in [-0.3, -0.25) is 9.48 Å². The first-order valence-corrected chi connectivity index (χ1v) is 8.63. The van der Waals surface area contributed by atoms with Crippen LogP contribution in [-0.2, 0) is 24.9 Å². The van der Waals surface area contributed by atoms with Crippen molar-refractivity contribution in [1.29, 1.82) is 0 Å². The van der Waals surface area contributed by atoms with Gasteiger partial charge in [0.25, 0.3) is 5.91 Å². The van der Waals surface area contributed by atoms with Crippen LogP contribution in [0.1, 0.15) is 32.2 Å². The Morgan fingerprint density at radius 2 is 2.00 bits per heavy atom. The van der Waals surface area contributed by atoms with Crippen LogP contribution in [-0.4, -0.2) is 49.9 Å². The molecule has 1 N–H and O–H groups in total. The van der Waals surface area contributed by atoms with Crippen LogP contribution < -0.4 is 0 Å². The van der Waals surface area contributed by atoms with Crippen molar-refractivity contribution in [2.75, 3.05) is 13.7 Å². The predicted octanol–water partition coefficient (Wildman–Crippen LogP) is 1.83. The number of hydrogen-bond donors (Lipinski definition) is 1. The Kier molecular flexibility index (Phi) is 3.91. The number of aromatic hydroxyl groups is 1.